The van der Waals surface area contributed by atoms with Crippen LogP contribution in [0, 0.1) is 0 Å². The van der Waals surface area contributed by atoms with Crippen molar-refractivity contribution in [3.05, 3.63) is 71.3 Å². The lowest BCUT2D eigenvalue weighted by Gasteiger charge is -2.24. The fraction of sp³-hybridized carbons (Fsp3) is 0.381. The van der Waals surface area contributed by atoms with Gasteiger partial charge in [0.2, 0.25) is 0 Å². The van der Waals surface area contributed by atoms with E-state index >= 15 is 0 Å². The smallest absolute Gasteiger partial charge is 0.320 e. The highest BCUT2D eigenvalue weighted by molar-refractivity contribution is 7.80. The molecule has 25 heavy (non-hydrogen) atoms. The van der Waals surface area contributed by atoms with Crippen molar-refractivity contribution in [2.24, 2.45) is 0 Å². The molecule has 0 aromatic heterocycles. The highest BCUT2D eigenvalue weighted by Gasteiger charge is 2.23. The van der Waals surface area contributed by atoms with E-state index in [1.165, 1.54) is 18.4 Å². The quantitative estimate of drug-likeness (QED) is 0.550. The van der Waals surface area contributed by atoms with Crippen LogP contribution in [0.1, 0.15) is 48.9 Å². The maximum absolute atomic E-state index is 11.6. The Morgan fingerprint density at radius 2 is 1.72 bits per heavy atom. The van der Waals surface area contributed by atoms with Gasteiger partial charge in [0.25, 0.3) is 0 Å². The Bertz CT molecular complexity index is 643. The monoisotopic (exact) mass is 357 g/mol. The van der Waals surface area contributed by atoms with Gasteiger partial charge in [0.15, 0.2) is 0 Å². The second kappa shape index (κ2) is 10.3. The van der Waals surface area contributed by atoms with Gasteiger partial charge in [0, 0.05) is 0 Å². The van der Waals surface area contributed by atoms with E-state index in [1.54, 1.807) is 0 Å². The fourth-order valence-electron chi connectivity index (χ4n) is 2.90. The molecule has 0 saturated carbocycles. The Morgan fingerprint density at radius 3 is 2.28 bits per heavy atom. The van der Waals surface area contributed by atoms with E-state index < -0.39 is 12.0 Å². The summed E-state index contributed by atoms with van der Waals surface area (Å²) in [5, 5.41) is 12.8. The fourth-order valence-corrected chi connectivity index (χ4v) is 3.15. The van der Waals surface area contributed by atoms with Crippen LogP contribution in [0.2, 0.25) is 0 Å². The number of benzene rings is 2. The SMILES string of the molecule is CCCCc1ccc(C(N[C@@H](CCS)C(=O)O)c2ccccc2)cc1. The zero-order chi connectivity index (χ0) is 18.1. The summed E-state index contributed by atoms with van der Waals surface area (Å²) in [4.78, 5) is 11.6. The molecule has 0 aliphatic carbocycles. The van der Waals surface area contributed by atoms with Crippen molar-refractivity contribution in [2.75, 3.05) is 5.75 Å². The van der Waals surface area contributed by atoms with E-state index in [1.807, 2.05) is 30.3 Å². The van der Waals surface area contributed by atoms with Gasteiger partial charge in [-0.2, -0.15) is 12.6 Å². The number of carboxylic acid groups (broad SMARTS) is 1. The minimum absolute atomic E-state index is 0.151. The van der Waals surface area contributed by atoms with Crippen LogP contribution in [0.25, 0.3) is 0 Å². The number of carbonyl (C=O) groups is 1. The molecule has 0 saturated heterocycles. The molecule has 0 radical (unpaired) electrons. The highest BCUT2D eigenvalue weighted by Crippen LogP contribution is 2.24. The predicted molar refractivity (Wildman–Crippen MR) is 106 cm³/mol. The Hall–Kier alpha value is -1.78. The third-order valence-electron chi connectivity index (χ3n) is 4.35. The number of rotatable bonds is 10. The maximum Gasteiger partial charge on any atom is 0.320 e. The molecule has 0 fully saturated rings. The highest BCUT2D eigenvalue weighted by atomic mass is 32.1. The largest absolute Gasteiger partial charge is 0.480 e. The third kappa shape index (κ3) is 5.91. The van der Waals surface area contributed by atoms with Crippen LogP contribution in [0.5, 0.6) is 0 Å². The summed E-state index contributed by atoms with van der Waals surface area (Å²) in [6.45, 7) is 2.19. The minimum Gasteiger partial charge on any atom is -0.480 e. The van der Waals surface area contributed by atoms with Crippen LogP contribution in [0.4, 0.5) is 0 Å². The van der Waals surface area contributed by atoms with Crippen molar-refractivity contribution in [2.45, 2.75) is 44.7 Å². The Morgan fingerprint density at radius 1 is 1.08 bits per heavy atom. The molecule has 134 valence electrons. The van der Waals surface area contributed by atoms with E-state index in [0.29, 0.717) is 12.2 Å². The predicted octanol–water partition coefficient (Wildman–Crippen LogP) is 4.48. The van der Waals surface area contributed by atoms with Gasteiger partial charge in [-0.1, -0.05) is 67.9 Å². The third-order valence-corrected chi connectivity index (χ3v) is 4.61. The van der Waals surface area contributed by atoms with E-state index in [9.17, 15) is 9.90 Å². The molecule has 2 atom stereocenters. The summed E-state index contributed by atoms with van der Waals surface area (Å²) in [7, 11) is 0. The summed E-state index contributed by atoms with van der Waals surface area (Å²) in [6.07, 6.45) is 3.93. The van der Waals surface area contributed by atoms with E-state index in [0.717, 1.165) is 17.5 Å². The molecule has 0 spiro atoms. The first-order valence-electron chi connectivity index (χ1n) is 8.89. The van der Waals surface area contributed by atoms with Crippen LogP contribution in [0.15, 0.2) is 54.6 Å². The van der Waals surface area contributed by atoms with Gasteiger partial charge in [0.05, 0.1) is 6.04 Å². The lowest BCUT2D eigenvalue weighted by Crippen LogP contribution is -2.40. The van der Waals surface area contributed by atoms with Crippen LogP contribution in [0.3, 0.4) is 0 Å². The number of aryl methyl sites for hydroxylation is 1. The molecular formula is C21H27NO2S. The topological polar surface area (TPSA) is 49.3 Å². The molecule has 2 aromatic carbocycles. The first kappa shape index (κ1) is 19.5. The number of unbranched alkanes of at least 4 members (excludes halogenated alkanes) is 1. The van der Waals surface area contributed by atoms with Gasteiger partial charge in [-0.25, -0.2) is 0 Å². The summed E-state index contributed by atoms with van der Waals surface area (Å²) in [6, 6.07) is 17.7. The van der Waals surface area contributed by atoms with Gasteiger partial charge in [0.1, 0.15) is 6.04 Å². The second-order valence-electron chi connectivity index (χ2n) is 6.26. The van der Waals surface area contributed by atoms with Gasteiger partial charge in [-0.15, -0.1) is 0 Å². The van der Waals surface area contributed by atoms with Crippen molar-refractivity contribution in [3.63, 3.8) is 0 Å². The Labute approximate surface area is 155 Å². The zero-order valence-electron chi connectivity index (χ0n) is 14.7. The van der Waals surface area contributed by atoms with Gasteiger partial charge >= 0.3 is 5.97 Å². The number of thiol groups is 1. The van der Waals surface area contributed by atoms with Crippen molar-refractivity contribution >= 4 is 18.6 Å². The first-order valence-corrected chi connectivity index (χ1v) is 9.52. The van der Waals surface area contributed by atoms with Crippen LogP contribution >= 0.6 is 12.6 Å². The van der Waals surface area contributed by atoms with Crippen molar-refractivity contribution in [1.29, 1.82) is 0 Å². The molecule has 4 heteroatoms. The molecule has 3 nitrogen and oxygen atoms in total. The van der Waals surface area contributed by atoms with Gasteiger partial charge in [-0.3, -0.25) is 10.1 Å². The number of hydrogen-bond acceptors (Lipinski definition) is 3. The van der Waals surface area contributed by atoms with Crippen LogP contribution in [-0.2, 0) is 11.2 Å². The summed E-state index contributed by atoms with van der Waals surface area (Å²) in [5.41, 5.74) is 3.47. The van der Waals surface area contributed by atoms with E-state index in [4.69, 9.17) is 0 Å². The molecule has 2 aromatic rings. The molecule has 0 amide bonds. The van der Waals surface area contributed by atoms with Gasteiger partial charge < -0.3 is 5.11 Å². The van der Waals surface area contributed by atoms with Crippen molar-refractivity contribution in [1.82, 2.24) is 5.32 Å². The summed E-state index contributed by atoms with van der Waals surface area (Å²) < 4.78 is 0. The molecule has 2 N–H and O–H groups in total. The molecule has 0 bridgehead atoms. The maximum atomic E-state index is 11.6. The zero-order valence-corrected chi connectivity index (χ0v) is 15.6. The molecule has 0 aliphatic rings. The Kier molecular flexibility index (Phi) is 8.02. The van der Waals surface area contributed by atoms with E-state index in [2.05, 4.69) is 49.1 Å². The van der Waals surface area contributed by atoms with Crippen molar-refractivity contribution < 1.29 is 9.90 Å². The molecule has 0 aliphatic heterocycles. The minimum atomic E-state index is -0.838. The number of hydrogen-bond donors (Lipinski definition) is 3. The first-order chi connectivity index (χ1) is 12.2. The van der Waals surface area contributed by atoms with Gasteiger partial charge in [-0.05, 0) is 41.7 Å². The summed E-state index contributed by atoms with van der Waals surface area (Å²) >= 11 is 4.19. The van der Waals surface area contributed by atoms with Crippen molar-refractivity contribution in [3.8, 4) is 0 Å². The number of carboxylic acids is 1. The second-order valence-corrected chi connectivity index (χ2v) is 6.71. The molecule has 1 unspecified atom stereocenters. The molecular weight excluding hydrogens is 330 g/mol. The normalized spacial score (nSPS) is 13.4. The van der Waals surface area contributed by atoms with Crippen LogP contribution < -0.4 is 5.32 Å². The lowest BCUT2D eigenvalue weighted by molar-refractivity contribution is -0.139. The van der Waals surface area contributed by atoms with E-state index in [-0.39, 0.29) is 6.04 Å². The lowest BCUT2D eigenvalue weighted by atomic mass is 9.95. The molecule has 0 heterocycles. The Balaban J connectivity index is 2.26. The van der Waals surface area contributed by atoms with Crippen LogP contribution in [-0.4, -0.2) is 22.9 Å². The average molecular weight is 358 g/mol. The average Bonchev–Trinajstić information content (AvgIpc) is 2.64. The molecule has 2 rings (SSSR count). The number of nitrogens with one attached hydrogen (secondary N) is 1. The standard InChI is InChI=1S/C21H27NO2S/c1-2-3-7-16-10-12-18(13-11-16)20(17-8-5-4-6-9-17)22-19(14-15-25)21(23)24/h4-6,8-13,19-20,22,25H,2-3,7,14-15H2,1H3,(H,23,24)/t19-,20?/m0/s1. The number of aliphatic carboxylic acids is 1. The summed E-state index contributed by atoms with van der Waals surface area (Å²) in [5.74, 6) is -0.309.